The molecular weight excluding hydrogens is 1520 g/mol. The highest BCUT2D eigenvalue weighted by Gasteiger charge is 2.44. The molecule has 0 saturated carbocycles. The molecule has 9 aromatic rings. The maximum Gasteiger partial charge on any atom is 0.272 e. The Balaban J connectivity index is 0.000000205. The van der Waals surface area contributed by atoms with E-state index in [2.05, 4.69) is 76.4 Å². The van der Waals surface area contributed by atoms with Crippen molar-refractivity contribution in [1.82, 2.24) is 54.0 Å². The second kappa shape index (κ2) is 42.5. The van der Waals surface area contributed by atoms with Gasteiger partial charge in [0.05, 0.1) is 31.2 Å². The largest absolute Gasteiger partial charge is 0.347 e. The molecule has 6 aromatic heterocycles. The van der Waals surface area contributed by atoms with E-state index in [1.165, 1.54) is 35.1 Å². The first-order chi connectivity index (χ1) is 56.8. The third kappa shape index (κ3) is 26.1. The standard InChI is InChI=1S/C33H43N3O3.C32H38F2N4O3.C32H39FN4O3/c1-22(2)15-30(36-14-12-26(17-32(36)39)11-13-35(6)7)31(38)19-27(16-25(5)37)28-18-29(21-34-20-28)33-23(3)9-8-10-24(33)4;1-20(2)11-28(38-17-24(9-10-29(38)40)16-37-18-32(33,34)19-37)31(41)36-27(12-23(5)39)25-13-26(15-35-14-25)30-21(3)7-6-8-22(30)4;1-20(2)11-29(37-17-24(9-10-30(37)39)16-36-18-27(33)19-36)32(40)35-28(12-23(5)38)25-13-26(15-34-14-25)31-21(3)7-6-8-22(31)4/h8-10,12,14,17-18,20-22,27,30H,11,13,15-16,19H2,1-7H3;6-10,13-15,17,20,27-28H,11-12,16,18-19H2,1-5H3,(H,36,41);6-10,13-15,17,20,27-29H,11-12,16,18-19H2,1-5H3,(H,35,40)/t27-,30+;27-,28+;28-,29+/m100/s1. The molecule has 120 heavy (non-hydrogen) atoms. The molecule has 3 aromatic carbocycles. The topological polar surface area (TPSA) is 241 Å². The second-order valence-corrected chi connectivity index (χ2v) is 34.7. The number of hydrogen-bond acceptors (Lipinski definition) is 15. The van der Waals surface area contributed by atoms with Gasteiger partial charge in [-0.25, -0.2) is 13.2 Å². The van der Waals surface area contributed by atoms with Gasteiger partial charge in [-0.2, -0.15) is 0 Å². The van der Waals surface area contributed by atoms with Crippen molar-refractivity contribution in [3.05, 3.63) is 263 Å². The molecule has 0 spiro atoms. The van der Waals surface area contributed by atoms with Crippen molar-refractivity contribution in [2.45, 2.75) is 217 Å². The van der Waals surface area contributed by atoms with E-state index in [1.54, 1.807) is 84.2 Å². The molecule has 11 rings (SSSR count). The zero-order valence-electron chi connectivity index (χ0n) is 72.8. The van der Waals surface area contributed by atoms with Crippen molar-refractivity contribution in [3.63, 3.8) is 0 Å². The normalized spacial score (nSPS) is 14.9. The molecule has 2 fully saturated rings. The highest BCUT2D eigenvalue weighted by molar-refractivity contribution is 5.86. The SMILES string of the molecule is CC(=O)C[C@H](CC(=O)[C@H](CC(C)C)n1ccc(CCN(C)C)cc1=O)c1cncc(-c2c(C)cccc2C)c1.CC(=O)C[C@H](NC(=O)[C@@H](CC(C)C)n1cc(CN2CC(F)(F)C2)ccc1=O)c1cncc(-c2c(C)cccc2C)c1.CC(=O)C[C@H](NC(=O)[C@@H](CC(C)C)n1cc(CN2CC(F)C2)ccc1=O)c1cncc(-c2c(C)cccc2C)c1. The van der Waals surface area contributed by atoms with Gasteiger partial charge in [0.2, 0.25) is 11.8 Å². The van der Waals surface area contributed by atoms with Gasteiger partial charge in [0.15, 0.2) is 5.78 Å². The van der Waals surface area contributed by atoms with Crippen LogP contribution in [0, 0.1) is 59.3 Å². The molecule has 638 valence electrons. The van der Waals surface area contributed by atoms with Gasteiger partial charge < -0.3 is 34.0 Å². The average molecular weight is 1640 g/mol. The van der Waals surface area contributed by atoms with Crippen LogP contribution in [-0.2, 0) is 48.3 Å². The van der Waals surface area contributed by atoms with E-state index in [4.69, 9.17) is 0 Å². The van der Waals surface area contributed by atoms with E-state index in [0.29, 0.717) is 50.0 Å². The van der Waals surface area contributed by atoms with E-state index in [0.717, 1.165) is 102 Å². The van der Waals surface area contributed by atoms with Crippen molar-refractivity contribution in [2.24, 2.45) is 17.8 Å². The molecule has 20 nitrogen and oxygen atoms in total. The van der Waals surface area contributed by atoms with Gasteiger partial charge in [-0.3, -0.25) is 63.1 Å². The second-order valence-electron chi connectivity index (χ2n) is 34.7. The van der Waals surface area contributed by atoms with Crippen molar-refractivity contribution < 1.29 is 41.9 Å². The van der Waals surface area contributed by atoms with Gasteiger partial charge in [-0.05, 0) is 233 Å². The number of nitrogens with one attached hydrogen (secondary N) is 2. The number of likely N-dealkylation sites (tertiary alicyclic amines) is 2. The molecule has 0 radical (unpaired) electrons. The number of nitrogens with zero attached hydrogens (tertiary/aromatic N) is 9. The fourth-order valence-corrected chi connectivity index (χ4v) is 16.2. The lowest BCUT2D eigenvalue weighted by atomic mass is 9.85. The number of likely N-dealkylation sites (N-methyl/N-ethyl adjacent to an activating group) is 1. The van der Waals surface area contributed by atoms with Crippen LogP contribution in [0.15, 0.2) is 179 Å². The lowest BCUT2D eigenvalue weighted by Gasteiger charge is -2.38. The van der Waals surface area contributed by atoms with Crippen LogP contribution in [0.4, 0.5) is 13.2 Å². The molecule has 0 aliphatic carbocycles. The molecule has 2 amide bonds. The fourth-order valence-electron chi connectivity index (χ4n) is 16.2. The minimum absolute atomic E-state index is 0.0214. The number of aromatic nitrogens is 6. The monoisotopic (exact) mass is 1640 g/mol. The van der Waals surface area contributed by atoms with Crippen LogP contribution in [0.1, 0.15) is 210 Å². The number of Topliss-reactive ketones (excluding diaryl/α,β-unsaturated/α-hetero) is 4. The quantitative estimate of drug-likeness (QED) is 0.0375. The van der Waals surface area contributed by atoms with Crippen molar-refractivity contribution in [2.75, 3.05) is 46.8 Å². The smallest absolute Gasteiger partial charge is 0.272 e. The first-order valence-corrected chi connectivity index (χ1v) is 41.7. The van der Waals surface area contributed by atoms with Crippen LogP contribution in [0.5, 0.6) is 0 Å². The minimum atomic E-state index is -2.69. The first kappa shape index (κ1) is 93.1. The molecule has 6 atom stereocenters. The van der Waals surface area contributed by atoms with Crippen LogP contribution < -0.4 is 27.3 Å². The van der Waals surface area contributed by atoms with Crippen LogP contribution >= 0.6 is 0 Å². The Morgan fingerprint density at radius 3 is 1.22 bits per heavy atom. The molecule has 2 aliphatic rings. The van der Waals surface area contributed by atoms with Crippen LogP contribution in [-0.4, -0.2) is 137 Å². The number of benzene rings is 3. The Hall–Kier alpha value is -10.8. The van der Waals surface area contributed by atoms with Gasteiger partial charge in [-0.15, -0.1) is 0 Å². The fraction of sp³-hybridized carbons (Fsp3) is 0.443. The Morgan fingerprint density at radius 1 is 0.467 bits per heavy atom. The number of aryl methyl sites for hydroxylation is 6. The highest BCUT2D eigenvalue weighted by atomic mass is 19.3. The Bertz CT molecular complexity index is 5230. The Labute approximate surface area is 704 Å². The predicted molar refractivity (Wildman–Crippen MR) is 468 cm³/mol. The van der Waals surface area contributed by atoms with E-state index in [-0.39, 0.29) is 115 Å². The zero-order chi connectivity index (χ0) is 87.6. The van der Waals surface area contributed by atoms with Gasteiger partial charge >= 0.3 is 0 Å². The summed E-state index contributed by atoms with van der Waals surface area (Å²) < 4.78 is 44.5. The van der Waals surface area contributed by atoms with Crippen LogP contribution in [0.25, 0.3) is 33.4 Å². The molecule has 0 bridgehead atoms. The van der Waals surface area contributed by atoms with Crippen LogP contribution in [0.2, 0.25) is 0 Å². The molecule has 23 heteroatoms. The van der Waals surface area contributed by atoms with Gasteiger partial charge in [0.1, 0.15) is 35.6 Å². The number of carbonyl (C=O) groups is 6. The van der Waals surface area contributed by atoms with Crippen molar-refractivity contribution in [3.8, 4) is 33.4 Å². The number of ketones is 4. The maximum atomic E-state index is 13.9. The molecule has 8 heterocycles. The third-order valence-electron chi connectivity index (χ3n) is 22.0. The predicted octanol–water partition coefficient (Wildman–Crippen LogP) is 16.4. The summed E-state index contributed by atoms with van der Waals surface area (Å²) in [5.41, 5.74) is 16.7. The summed E-state index contributed by atoms with van der Waals surface area (Å²) in [6.45, 7) is 30.6. The number of pyridine rings is 6. The van der Waals surface area contributed by atoms with Crippen molar-refractivity contribution in [1.29, 1.82) is 0 Å². The van der Waals surface area contributed by atoms with Gasteiger partial charge in [0, 0.05) is 149 Å². The summed E-state index contributed by atoms with van der Waals surface area (Å²) in [4.78, 5) is 137. The lowest BCUT2D eigenvalue weighted by Crippen LogP contribution is -2.55. The van der Waals surface area contributed by atoms with E-state index < -0.39 is 48.2 Å². The number of halogens is 3. The summed E-state index contributed by atoms with van der Waals surface area (Å²) in [6.07, 6.45) is 17.5. The summed E-state index contributed by atoms with van der Waals surface area (Å²) in [5, 5.41) is 6.10. The number of carbonyl (C=O) groups excluding carboxylic acids is 6. The number of hydrogen-bond donors (Lipinski definition) is 2. The lowest BCUT2D eigenvalue weighted by molar-refractivity contribution is -0.134. The molecule has 2 saturated heterocycles. The summed E-state index contributed by atoms with van der Waals surface area (Å²) in [7, 11) is 4.01. The summed E-state index contributed by atoms with van der Waals surface area (Å²) in [5.74, 6) is -3.46. The molecule has 2 N–H and O–H groups in total. The van der Waals surface area contributed by atoms with E-state index in [9.17, 15) is 56.3 Å². The number of rotatable bonds is 35. The van der Waals surface area contributed by atoms with Gasteiger partial charge in [-0.1, -0.05) is 108 Å². The minimum Gasteiger partial charge on any atom is -0.347 e. The third-order valence-corrected chi connectivity index (χ3v) is 22.0. The van der Waals surface area contributed by atoms with Crippen LogP contribution in [0.3, 0.4) is 0 Å². The zero-order valence-corrected chi connectivity index (χ0v) is 72.8. The molecular formula is C97H120F3N11O9. The molecule has 2 aliphatic heterocycles. The van der Waals surface area contributed by atoms with E-state index >= 15 is 0 Å². The Morgan fingerprint density at radius 2 is 0.850 bits per heavy atom. The van der Waals surface area contributed by atoms with E-state index in [1.807, 2.05) is 141 Å². The van der Waals surface area contributed by atoms with Crippen molar-refractivity contribution >= 4 is 34.9 Å². The summed E-state index contributed by atoms with van der Waals surface area (Å²) in [6, 6.07) is 30.7. The summed E-state index contributed by atoms with van der Waals surface area (Å²) >= 11 is 0. The maximum absolute atomic E-state index is 13.9. The Kier molecular flexibility index (Phi) is 32.9. The number of alkyl halides is 3. The average Bonchev–Trinajstić information content (AvgIpc) is 0.803. The highest BCUT2D eigenvalue weighted by Crippen LogP contribution is 2.37. The van der Waals surface area contributed by atoms with Gasteiger partial charge in [0.25, 0.3) is 22.6 Å². The molecule has 0 unspecified atom stereocenters. The number of amides is 2. The first-order valence-electron chi connectivity index (χ1n) is 41.7.